The quantitative estimate of drug-likeness (QED) is 0.349. The lowest BCUT2D eigenvalue weighted by atomic mass is 10.1. The van der Waals surface area contributed by atoms with Crippen LogP contribution in [0, 0.1) is 3.57 Å². The summed E-state index contributed by atoms with van der Waals surface area (Å²) in [5.41, 5.74) is 3.61. The fourth-order valence-corrected chi connectivity index (χ4v) is 3.60. The molecule has 0 radical (unpaired) electrons. The number of para-hydroxylation sites is 2. The monoisotopic (exact) mass is 503 g/mol. The normalized spacial score (nSPS) is 10.8. The minimum absolute atomic E-state index is 0.302. The van der Waals surface area contributed by atoms with Crippen molar-refractivity contribution >= 4 is 56.8 Å². The first-order valence-electron chi connectivity index (χ1n) is 8.45. The van der Waals surface area contributed by atoms with Gasteiger partial charge in [0.05, 0.1) is 34.4 Å². The molecule has 2 N–H and O–H groups in total. The van der Waals surface area contributed by atoms with Crippen LogP contribution < -0.4 is 10.1 Å². The molecule has 0 bridgehead atoms. The first-order valence-corrected chi connectivity index (χ1v) is 9.90. The molecule has 1 amide bonds. The van der Waals surface area contributed by atoms with Gasteiger partial charge in [-0.2, -0.15) is 0 Å². The van der Waals surface area contributed by atoms with E-state index in [9.17, 15) is 4.79 Å². The van der Waals surface area contributed by atoms with E-state index in [2.05, 4.69) is 37.9 Å². The molecule has 0 unspecified atom stereocenters. The first-order chi connectivity index (χ1) is 13.5. The Morgan fingerprint density at radius 2 is 1.96 bits per heavy atom. The summed E-state index contributed by atoms with van der Waals surface area (Å²) in [4.78, 5) is 20.7. The van der Waals surface area contributed by atoms with Crippen molar-refractivity contribution in [3.05, 3.63) is 74.8 Å². The van der Waals surface area contributed by atoms with Crippen LogP contribution >= 0.6 is 34.2 Å². The number of aromatic amines is 1. The van der Waals surface area contributed by atoms with Crippen LogP contribution in [0.2, 0.25) is 5.02 Å². The molecule has 0 aliphatic heterocycles. The number of rotatable bonds is 4. The number of aromatic nitrogens is 2. The second-order valence-corrected chi connectivity index (χ2v) is 7.75. The number of halogens is 2. The van der Waals surface area contributed by atoms with Crippen LogP contribution in [0.3, 0.4) is 0 Å². The SMILES string of the molecule is COc1ccc(-c2nc3ccccc3[nH]2)cc1NC(=O)c1cc(I)ccc1Cl. The summed E-state index contributed by atoms with van der Waals surface area (Å²) in [6, 6.07) is 18.6. The molecule has 7 heteroatoms. The number of anilines is 1. The van der Waals surface area contributed by atoms with Crippen molar-refractivity contribution in [1.82, 2.24) is 9.97 Å². The Balaban J connectivity index is 1.71. The summed E-state index contributed by atoms with van der Waals surface area (Å²) in [5, 5.41) is 3.29. The van der Waals surface area contributed by atoms with Gasteiger partial charge in [-0.3, -0.25) is 4.79 Å². The summed E-state index contributed by atoms with van der Waals surface area (Å²) in [5.74, 6) is 0.963. The number of benzene rings is 3. The molecule has 140 valence electrons. The first kappa shape index (κ1) is 18.8. The zero-order chi connectivity index (χ0) is 19.7. The molecule has 0 aliphatic rings. The molecule has 4 aromatic rings. The second-order valence-electron chi connectivity index (χ2n) is 6.10. The summed E-state index contributed by atoms with van der Waals surface area (Å²) >= 11 is 8.34. The maximum absolute atomic E-state index is 12.8. The summed E-state index contributed by atoms with van der Waals surface area (Å²) < 4.78 is 6.33. The van der Waals surface area contributed by atoms with E-state index in [1.807, 2.05) is 42.5 Å². The number of ether oxygens (including phenoxy) is 1. The van der Waals surface area contributed by atoms with Gasteiger partial charge in [0.15, 0.2) is 0 Å². The van der Waals surface area contributed by atoms with Crippen molar-refractivity contribution < 1.29 is 9.53 Å². The number of nitrogens with zero attached hydrogens (tertiary/aromatic N) is 1. The number of imidazole rings is 1. The third-order valence-corrected chi connectivity index (χ3v) is 5.28. The molecule has 0 spiro atoms. The lowest BCUT2D eigenvalue weighted by Gasteiger charge is -2.12. The van der Waals surface area contributed by atoms with Crippen LogP contribution in [0.1, 0.15) is 10.4 Å². The Kier molecular flexibility index (Phi) is 5.23. The van der Waals surface area contributed by atoms with Crippen LogP contribution in [-0.2, 0) is 0 Å². The lowest BCUT2D eigenvalue weighted by molar-refractivity contribution is 0.102. The standard InChI is InChI=1S/C21H15ClIN3O2/c1-28-19-9-6-12(20-24-16-4-2-3-5-17(16)25-20)10-18(19)26-21(27)14-11-13(23)7-8-15(14)22/h2-11H,1H3,(H,24,25)(H,26,27). The molecule has 1 aromatic heterocycles. The number of hydrogen-bond donors (Lipinski definition) is 2. The fourth-order valence-electron chi connectivity index (χ4n) is 2.90. The van der Waals surface area contributed by atoms with Gasteiger partial charge < -0.3 is 15.0 Å². The van der Waals surface area contributed by atoms with Crippen LogP contribution in [0.5, 0.6) is 5.75 Å². The topological polar surface area (TPSA) is 67.0 Å². The van der Waals surface area contributed by atoms with Gasteiger partial charge in [0.25, 0.3) is 5.91 Å². The Hall–Kier alpha value is -2.58. The van der Waals surface area contributed by atoms with Gasteiger partial charge in [0.2, 0.25) is 0 Å². The van der Waals surface area contributed by atoms with Crippen LogP contribution in [0.25, 0.3) is 22.4 Å². The smallest absolute Gasteiger partial charge is 0.257 e. The second kappa shape index (κ2) is 7.81. The Morgan fingerprint density at radius 3 is 2.75 bits per heavy atom. The largest absolute Gasteiger partial charge is 0.495 e. The molecule has 4 rings (SSSR count). The van der Waals surface area contributed by atoms with E-state index < -0.39 is 0 Å². The predicted octanol–water partition coefficient (Wildman–Crippen LogP) is 5.75. The average Bonchev–Trinajstić information content (AvgIpc) is 3.14. The van der Waals surface area contributed by atoms with Gasteiger partial charge in [-0.05, 0) is 71.1 Å². The molecule has 3 aromatic carbocycles. The third kappa shape index (κ3) is 3.70. The minimum Gasteiger partial charge on any atom is -0.495 e. The van der Waals surface area contributed by atoms with Crippen molar-refractivity contribution in [3.8, 4) is 17.1 Å². The van der Waals surface area contributed by atoms with Crippen molar-refractivity contribution in [2.45, 2.75) is 0 Å². The average molecular weight is 504 g/mol. The van der Waals surface area contributed by atoms with Crippen molar-refractivity contribution in [2.24, 2.45) is 0 Å². The molecule has 28 heavy (non-hydrogen) atoms. The lowest BCUT2D eigenvalue weighted by Crippen LogP contribution is -2.13. The van der Waals surface area contributed by atoms with E-state index in [1.165, 1.54) is 0 Å². The highest BCUT2D eigenvalue weighted by Crippen LogP contribution is 2.31. The fraction of sp³-hybridized carbons (Fsp3) is 0.0476. The number of fused-ring (bicyclic) bond motifs is 1. The van der Waals surface area contributed by atoms with E-state index >= 15 is 0 Å². The van der Waals surface area contributed by atoms with Crippen molar-refractivity contribution in [3.63, 3.8) is 0 Å². The Bertz CT molecular complexity index is 1160. The van der Waals surface area contributed by atoms with E-state index in [0.29, 0.717) is 27.8 Å². The van der Waals surface area contributed by atoms with E-state index in [0.717, 1.165) is 20.2 Å². The van der Waals surface area contributed by atoms with Crippen molar-refractivity contribution in [2.75, 3.05) is 12.4 Å². The highest BCUT2D eigenvalue weighted by atomic mass is 127. The molecular formula is C21H15ClIN3O2. The van der Waals surface area contributed by atoms with Gasteiger partial charge >= 0.3 is 0 Å². The summed E-state index contributed by atoms with van der Waals surface area (Å²) in [7, 11) is 1.56. The number of hydrogen-bond acceptors (Lipinski definition) is 3. The summed E-state index contributed by atoms with van der Waals surface area (Å²) in [6.45, 7) is 0. The van der Waals surface area contributed by atoms with Crippen LogP contribution in [0.4, 0.5) is 5.69 Å². The molecule has 0 atom stereocenters. The molecule has 1 heterocycles. The number of H-pyrrole nitrogens is 1. The van der Waals surface area contributed by atoms with Crippen LogP contribution in [0.15, 0.2) is 60.7 Å². The maximum atomic E-state index is 12.8. The number of carbonyl (C=O) groups excluding carboxylic acids is 1. The zero-order valence-electron chi connectivity index (χ0n) is 14.8. The van der Waals surface area contributed by atoms with E-state index in [4.69, 9.17) is 16.3 Å². The van der Waals surface area contributed by atoms with E-state index in [-0.39, 0.29) is 5.91 Å². The number of carbonyl (C=O) groups is 1. The van der Waals surface area contributed by atoms with Gasteiger partial charge in [0.1, 0.15) is 11.6 Å². The zero-order valence-corrected chi connectivity index (χ0v) is 17.7. The highest BCUT2D eigenvalue weighted by molar-refractivity contribution is 14.1. The van der Waals surface area contributed by atoms with Crippen molar-refractivity contribution in [1.29, 1.82) is 0 Å². The Labute approximate surface area is 180 Å². The van der Waals surface area contributed by atoms with Gasteiger partial charge in [0, 0.05) is 9.13 Å². The van der Waals surface area contributed by atoms with Gasteiger partial charge in [-0.1, -0.05) is 23.7 Å². The molecule has 0 saturated heterocycles. The third-order valence-electron chi connectivity index (χ3n) is 4.28. The number of methoxy groups -OCH3 is 1. The van der Waals surface area contributed by atoms with Gasteiger partial charge in [-0.15, -0.1) is 0 Å². The maximum Gasteiger partial charge on any atom is 0.257 e. The molecule has 0 aliphatic carbocycles. The van der Waals surface area contributed by atoms with Crippen LogP contribution in [-0.4, -0.2) is 23.0 Å². The highest BCUT2D eigenvalue weighted by Gasteiger charge is 2.15. The van der Waals surface area contributed by atoms with E-state index in [1.54, 1.807) is 25.3 Å². The minimum atomic E-state index is -0.302. The molecule has 0 fully saturated rings. The number of amides is 1. The molecular weight excluding hydrogens is 489 g/mol. The summed E-state index contributed by atoms with van der Waals surface area (Å²) in [6.07, 6.45) is 0. The number of nitrogens with one attached hydrogen (secondary N) is 2. The Morgan fingerprint density at radius 1 is 1.14 bits per heavy atom. The van der Waals surface area contributed by atoms with Gasteiger partial charge in [-0.25, -0.2) is 4.98 Å². The molecule has 0 saturated carbocycles. The molecule has 5 nitrogen and oxygen atoms in total. The predicted molar refractivity (Wildman–Crippen MR) is 120 cm³/mol.